The lowest BCUT2D eigenvalue weighted by atomic mass is 10.2. The van der Waals surface area contributed by atoms with E-state index in [-0.39, 0.29) is 30.7 Å². The minimum absolute atomic E-state index is 0. The van der Waals surface area contributed by atoms with Crippen molar-refractivity contribution in [2.24, 2.45) is 5.73 Å². The predicted molar refractivity (Wildman–Crippen MR) is 77.5 cm³/mol. The summed E-state index contributed by atoms with van der Waals surface area (Å²) < 4.78 is 31.8. The Hall–Kier alpha value is -1.28. The van der Waals surface area contributed by atoms with Gasteiger partial charge in [-0.2, -0.15) is 0 Å². The van der Waals surface area contributed by atoms with Crippen molar-refractivity contribution in [1.82, 2.24) is 4.90 Å². The van der Waals surface area contributed by atoms with Gasteiger partial charge in [0.2, 0.25) is 5.91 Å². The third-order valence-corrected chi connectivity index (χ3v) is 3.06. The van der Waals surface area contributed by atoms with E-state index in [1.807, 2.05) is 4.90 Å². The SMILES string of the molecule is Cl.NCC1CN(CC(=O)Nc2cc(F)ccc2F)CCO1. The molecular weight excluding hydrogens is 304 g/mol. The zero-order valence-corrected chi connectivity index (χ0v) is 12.2. The van der Waals surface area contributed by atoms with Crippen LogP contribution in [0.2, 0.25) is 0 Å². The van der Waals surface area contributed by atoms with Gasteiger partial charge in [-0.3, -0.25) is 9.69 Å². The highest BCUT2D eigenvalue weighted by Gasteiger charge is 2.21. The molecule has 2 rings (SSSR count). The highest BCUT2D eigenvalue weighted by Crippen LogP contribution is 2.15. The molecule has 5 nitrogen and oxygen atoms in total. The number of morpholine rings is 1. The molecular formula is C13H18ClF2N3O2. The molecule has 21 heavy (non-hydrogen) atoms. The number of anilines is 1. The number of rotatable bonds is 4. The highest BCUT2D eigenvalue weighted by atomic mass is 35.5. The number of nitrogens with zero attached hydrogens (tertiary/aromatic N) is 1. The molecule has 1 saturated heterocycles. The van der Waals surface area contributed by atoms with Crippen molar-refractivity contribution in [1.29, 1.82) is 0 Å². The predicted octanol–water partition coefficient (Wildman–Crippen LogP) is 0.985. The highest BCUT2D eigenvalue weighted by molar-refractivity contribution is 5.92. The van der Waals surface area contributed by atoms with Gasteiger partial charge in [0.05, 0.1) is 24.9 Å². The molecule has 0 radical (unpaired) electrons. The molecule has 8 heteroatoms. The van der Waals surface area contributed by atoms with Gasteiger partial charge in [-0.1, -0.05) is 0 Å². The van der Waals surface area contributed by atoms with Gasteiger partial charge in [0, 0.05) is 25.7 Å². The lowest BCUT2D eigenvalue weighted by molar-refractivity contribution is -0.119. The summed E-state index contributed by atoms with van der Waals surface area (Å²) in [5.41, 5.74) is 5.36. The average Bonchev–Trinajstić information content (AvgIpc) is 2.43. The second-order valence-corrected chi connectivity index (χ2v) is 4.64. The number of carbonyl (C=O) groups is 1. The van der Waals surface area contributed by atoms with E-state index in [1.165, 1.54) is 0 Å². The van der Waals surface area contributed by atoms with Gasteiger partial charge in [-0.05, 0) is 12.1 Å². The van der Waals surface area contributed by atoms with Gasteiger partial charge >= 0.3 is 0 Å². The Morgan fingerprint density at radius 2 is 2.24 bits per heavy atom. The summed E-state index contributed by atoms with van der Waals surface area (Å²) in [6.07, 6.45) is -0.0949. The number of hydrogen-bond acceptors (Lipinski definition) is 4. The Balaban J connectivity index is 0.00000220. The topological polar surface area (TPSA) is 67.6 Å². The van der Waals surface area contributed by atoms with Gasteiger partial charge < -0.3 is 15.8 Å². The second-order valence-electron chi connectivity index (χ2n) is 4.64. The van der Waals surface area contributed by atoms with Gasteiger partial charge in [-0.25, -0.2) is 8.78 Å². The molecule has 3 N–H and O–H groups in total. The average molecular weight is 322 g/mol. The number of nitrogens with two attached hydrogens (primary N) is 1. The Labute approximate surface area is 127 Å². The summed E-state index contributed by atoms with van der Waals surface area (Å²) in [5, 5.41) is 2.36. The molecule has 0 saturated carbocycles. The van der Waals surface area contributed by atoms with E-state index < -0.39 is 17.5 Å². The van der Waals surface area contributed by atoms with E-state index in [4.69, 9.17) is 10.5 Å². The van der Waals surface area contributed by atoms with Crippen molar-refractivity contribution in [2.75, 3.05) is 38.1 Å². The maximum absolute atomic E-state index is 13.4. The first kappa shape index (κ1) is 17.8. The number of amides is 1. The zero-order chi connectivity index (χ0) is 14.5. The minimum atomic E-state index is -0.665. The van der Waals surface area contributed by atoms with Crippen LogP contribution in [0.5, 0.6) is 0 Å². The van der Waals surface area contributed by atoms with Gasteiger partial charge in [0.25, 0.3) is 0 Å². The second kappa shape index (κ2) is 8.23. The molecule has 0 bridgehead atoms. The number of hydrogen-bond donors (Lipinski definition) is 2. The van der Waals surface area contributed by atoms with Crippen molar-refractivity contribution in [3.8, 4) is 0 Å². The van der Waals surface area contributed by atoms with Gasteiger partial charge in [0.1, 0.15) is 11.6 Å². The number of ether oxygens (including phenoxy) is 1. The van der Waals surface area contributed by atoms with Crippen LogP contribution in [0.25, 0.3) is 0 Å². The Bertz CT molecular complexity index is 490. The fourth-order valence-corrected chi connectivity index (χ4v) is 2.05. The number of carbonyl (C=O) groups excluding carboxylic acids is 1. The zero-order valence-electron chi connectivity index (χ0n) is 11.4. The van der Waals surface area contributed by atoms with E-state index in [0.29, 0.717) is 26.2 Å². The quantitative estimate of drug-likeness (QED) is 0.867. The van der Waals surface area contributed by atoms with Crippen LogP contribution in [0, 0.1) is 11.6 Å². The summed E-state index contributed by atoms with van der Waals surface area (Å²) in [6.45, 7) is 2.14. The molecule has 1 aliphatic rings. The molecule has 1 aromatic carbocycles. The van der Waals surface area contributed by atoms with E-state index in [9.17, 15) is 13.6 Å². The van der Waals surface area contributed by atoms with Crippen LogP contribution in [-0.4, -0.2) is 49.7 Å². The van der Waals surface area contributed by atoms with Gasteiger partial charge in [0.15, 0.2) is 0 Å². The van der Waals surface area contributed by atoms with Crippen LogP contribution in [0.3, 0.4) is 0 Å². The van der Waals surface area contributed by atoms with Crippen molar-refractivity contribution in [3.05, 3.63) is 29.8 Å². The smallest absolute Gasteiger partial charge is 0.238 e. The van der Waals surface area contributed by atoms with E-state index in [0.717, 1.165) is 18.2 Å². The van der Waals surface area contributed by atoms with Crippen molar-refractivity contribution < 1.29 is 18.3 Å². The molecule has 0 spiro atoms. The number of benzene rings is 1. The summed E-state index contributed by atoms with van der Waals surface area (Å²) in [5.74, 6) is -1.66. The first-order chi connectivity index (χ1) is 9.58. The third-order valence-electron chi connectivity index (χ3n) is 3.06. The van der Waals surface area contributed by atoms with Crippen LogP contribution in [0.4, 0.5) is 14.5 Å². The molecule has 1 heterocycles. The van der Waals surface area contributed by atoms with Crippen LogP contribution in [0.15, 0.2) is 18.2 Å². The Kier molecular flexibility index (Phi) is 6.97. The molecule has 118 valence electrons. The van der Waals surface area contributed by atoms with Crippen molar-refractivity contribution in [2.45, 2.75) is 6.10 Å². The molecule has 1 unspecified atom stereocenters. The monoisotopic (exact) mass is 321 g/mol. The number of nitrogens with one attached hydrogen (secondary N) is 1. The summed E-state index contributed by atoms with van der Waals surface area (Å²) >= 11 is 0. The standard InChI is InChI=1S/C13H17F2N3O2.ClH/c14-9-1-2-11(15)12(5-9)17-13(19)8-18-3-4-20-10(6-16)7-18;/h1-2,5,10H,3-4,6-8,16H2,(H,17,19);1H. The maximum Gasteiger partial charge on any atom is 0.238 e. The van der Waals surface area contributed by atoms with Crippen LogP contribution in [0.1, 0.15) is 0 Å². The first-order valence-corrected chi connectivity index (χ1v) is 6.37. The molecule has 0 aromatic heterocycles. The Morgan fingerprint density at radius 3 is 2.95 bits per heavy atom. The lowest BCUT2D eigenvalue weighted by Gasteiger charge is -2.31. The number of halogens is 3. The summed E-state index contributed by atoms with van der Waals surface area (Å²) in [4.78, 5) is 13.7. The van der Waals surface area contributed by atoms with Crippen molar-refractivity contribution >= 4 is 24.0 Å². The third kappa shape index (κ3) is 5.20. The largest absolute Gasteiger partial charge is 0.374 e. The summed E-state index contributed by atoms with van der Waals surface area (Å²) in [6, 6.07) is 2.93. The first-order valence-electron chi connectivity index (χ1n) is 6.37. The van der Waals surface area contributed by atoms with Crippen molar-refractivity contribution in [3.63, 3.8) is 0 Å². The van der Waals surface area contributed by atoms with E-state index >= 15 is 0 Å². The molecule has 0 aliphatic carbocycles. The van der Waals surface area contributed by atoms with Crippen LogP contribution >= 0.6 is 12.4 Å². The molecule has 1 amide bonds. The summed E-state index contributed by atoms with van der Waals surface area (Å²) in [7, 11) is 0. The maximum atomic E-state index is 13.4. The normalized spacial score (nSPS) is 18.9. The fraction of sp³-hybridized carbons (Fsp3) is 0.462. The lowest BCUT2D eigenvalue weighted by Crippen LogP contribution is -2.48. The van der Waals surface area contributed by atoms with Gasteiger partial charge in [-0.15, -0.1) is 12.4 Å². The molecule has 1 atom stereocenters. The molecule has 1 aliphatic heterocycles. The van der Waals surface area contributed by atoms with Crippen LogP contribution < -0.4 is 11.1 Å². The minimum Gasteiger partial charge on any atom is -0.374 e. The van der Waals surface area contributed by atoms with E-state index in [2.05, 4.69) is 5.32 Å². The fourth-order valence-electron chi connectivity index (χ4n) is 2.05. The molecule has 1 aromatic rings. The Morgan fingerprint density at radius 1 is 1.48 bits per heavy atom. The van der Waals surface area contributed by atoms with Crippen LogP contribution in [-0.2, 0) is 9.53 Å². The van der Waals surface area contributed by atoms with E-state index in [1.54, 1.807) is 0 Å². The molecule has 1 fully saturated rings.